The third-order valence-electron chi connectivity index (χ3n) is 5.99. The first-order valence-electron chi connectivity index (χ1n) is 11.0. The van der Waals surface area contributed by atoms with Gasteiger partial charge in [-0.05, 0) is 46.2 Å². The Morgan fingerprint density at radius 1 is 1.00 bits per heavy atom. The molecule has 0 fully saturated rings. The second-order valence-electron chi connectivity index (χ2n) is 9.60. The highest BCUT2D eigenvalue weighted by Crippen LogP contribution is 2.38. The Kier molecular flexibility index (Phi) is 6.91. The summed E-state index contributed by atoms with van der Waals surface area (Å²) in [4.78, 5) is 14.8. The first-order chi connectivity index (χ1) is 15.3. The van der Waals surface area contributed by atoms with E-state index in [2.05, 4.69) is 10.0 Å². The van der Waals surface area contributed by atoms with Crippen LogP contribution in [-0.2, 0) is 20.0 Å². The first-order valence-corrected chi connectivity index (χ1v) is 12.4. The fourth-order valence-electron chi connectivity index (χ4n) is 4.32. The molecule has 3 rings (SSSR count). The van der Waals surface area contributed by atoms with Crippen molar-refractivity contribution < 1.29 is 18.4 Å². The van der Waals surface area contributed by atoms with Crippen LogP contribution in [0.1, 0.15) is 34.1 Å². The maximum Gasteiger partial charge on any atom is 0.248 e. The SMILES string of the molecule is CN(C)c1cccc2c(S(=O)(=O)NCCCNC(=O)C3=CC(C)(C)N([O])C3(C)C)cccc12. The molecule has 0 atom stereocenters. The van der Waals surface area contributed by atoms with Gasteiger partial charge in [-0.3, -0.25) is 4.79 Å². The van der Waals surface area contributed by atoms with E-state index >= 15 is 0 Å². The van der Waals surface area contributed by atoms with Crippen molar-refractivity contribution >= 4 is 32.4 Å². The van der Waals surface area contributed by atoms with Gasteiger partial charge in [-0.2, -0.15) is 0 Å². The zero-order chi connectivity index (χ0) is 24.6. The van der Waals surface area contributed by atoms with Crippen LogP contribution >= 0.6 is 0 Å². The first kappa shape index (κ1) is 25.2. The number of amides is 1. The smallest absolute Gasteiger partial charge is 0.248 e. The lowest BCUT2D eigenvalue weighted by atomic mass is 9.96. The van der Waals surface area contributed by atoms with E-state index in [4.69, 9.17) is 0 Å². The van der Waals surface area contributed by atoms with E-state index in [1.165, 1.54) is 0 Å². The minimum absolute atomic E-state index is 0.175. The molecule has 2 aromatic carbocycles. The molecule has 8 nitrogen and oxygen atoms in total. The number of carbonyl (C=O) groups is 1. The average Bonchev–Trinajstić information content (AvgIpc) is 2.91. The highest BCUT2D eigenvalue weighted by molar-refractivity contribution is 7.89. The molecule has 1 radical (unpaired) electrons. The average molecular weight is 474 g/mol. The Bertz CT molecular complexity index is 1190. The summed E-state index contributed by atoms with van der Waals surface area (Å²) in [5, 5.41) is 17.7. The molecule has 179 valence electrons. The molecule has 33 heavy (non-hydrogen) atoms. The predicted molar refractivity (Wildman–Crippen MR) is 130 cm³/mol. The molecule has 0 bridgehead atoms. The molecule has 0 spiro atoms. The summed E-state index contributed by atoms with van der Waals surface area (Å²) in [5.74, 6) is -0.306. The van der Waals surface area contributed by atoms with Crippen LogP contribution in [0.5, 0.6) is 0 Å². The zero-order valence-electron chi connectivity index (χ0n) is 20.1. The highest BCUT2D eigenvalue weighted by Gasteiger charge is 2.48. The molecule has 9 heteroatoms. The monoisotopic (exact) mass is 473 g/mol. The van der Waals surface area contributed by atoms with Gasteiger partial charge < -0.3 is 10.2 Å². The summed E-state index contributed by atoms with van der Waals surface area (Å²) in [6.45, 7) is 7.44. The standard InChI is InChI=1S/C24H33N4O4S/c1-23(2)16-19(24(3,4)28(23)30)22(29)25-14-9-15-26-33(31,32)21-13-8-10-17-18(21)11-7-12-20(17)27(5)6/h7-8,10-13,16,26H,9,14-15H2,1-6H3,(H,25,29). The molecule has 0 saturated heterocycles. The van der Waals surface area contributed by atoms with Gasteiger partial charge in [0.15, 0.2) is 0 Å². The topological polar surface area (TPSA) is 102 Å². The number of anilines is 1. The summed E-state index contributed by atoms with van der Waals surface area (Å²) in [7, 11) is 0.107. The van der Waals surface area contributed by atoms with Crippen LogP contribution < -0.4 is 14.9 Å². The van der Waals surface area contributed by atoms with Gasteiger partial charge in [0.25, 0.3) is 0 Å². The number of hydrogen-bond acceptors (Lipinski definition) is 5. The van der Waals surface area contributed by atoms with Crippen molar-refractivity contribution in [1.82, 2.24) is 15.1 Å². The summed E-state index contributed by atoms with van der Waals surface area (Å²) in [6.07, 6.45) is 2.11. The second kappa shape index (κ2) is 9.06. The third kappa shape index (κ3) is 4.91. The van der Waals surface area contributed by atoms with Gasteiger partial charge >= 0.3 is 0 Å². The van der Waals surface area contributed by atoms with Crippen molar-refractivity contribution in [2.24, 2.45) is 0 Å². The van der Waals surface area contributed by atoms with Crippen LogP contribution in [0.3, 0.4) is 0 Å². The van der Waals surface area contributed by atoms with E-state index in [0.29, 0.717) is 17.4 Å². The maximum absolute atomic E-state index is 13.0. The maximum atomic E-state index is 13.0. The van der Waals surface area contributed by atoms with Crippen LogP contribution in [0.4, 0.5) is 5.69 Å². The Morgan fingerprint density at radius 2 is 1.64 bits per heavy atom. The third-order valence-corrected chi connectivity index (χ3v) is 7.51. The van der Waals surface area contributed by atoms with Gasteiger partial charge in [-0.25, -0.2) is 13.1 Å². The summed E-state index contributed by atoms with van der Waals surface area (Å²) in [5.41, 5.74) is -0.308. The molecule has 0 unspecified atom stereocenters. The van der Waals surface area contributed by atoms with Gasteiger partial charge in [0.1, 0.15) is 0 Å². The lowest BCUT2D eigenvalue weighted by molar-refractivity contribution is -0.238. The van der Waals surface area contributed by atoms with E-state index < -0.39 is 21.1 Å². The van der Waals surface area contributed by atoms with Gasteiger partial charge in [-0.15, -0.1) is 10.3 Å². The van der Waals surface area contributed by atoms with Crippen LogP contribution in [0.15, 0.2) is 52.9 Å². The minimum Gasteiger partial charge on any atom is -0.377 e. The lowest BCUT2D eigenvalue weighted by Crippen LogP contribution is -2.48. The minimum atomic E-state index is -3.73. The Morgan fingerprint density at radius 3 is 2.24 bits per heavy atom. The number of hydrogen-bond donors (Lipinski definition) is 2. The second-order valence-corrected chi connectivity index (χ2v) is 11.3. The van der Waals surface area contributed by atoms with Gasteiger partial charge in [0.05, 0.1) is 16.0 Å². The van der Waals surface area contributed by atoms with Crippen molar-refractivity contribution in [3.8, 4) is 0 Å². The fourth-order valence-corrected chi connectivity index (χ4v) is 5.61. The van der Waals surface area contributed by atoms with Crippen molar-refractivity contribution in [2.75, 3.05) is 32.1 Å². The summed E-state index contributed by atoms with van der Waals surface area (Å²) in [6, 6.07) is 10.8. The van der Waals surface area contributed by atoms with Crippen LogP contribution in [0.2, 0.25) is 0 Å². The summed E-state index contributed by atoms with van der Waals surface area (Å²) < 4.78 is 28.6. The Hall–Kier alpha value is -2.46. The van der Waals surface area contributed by atoms with Crippen molar-refractivity contribution in [1.29, 1.82) is 0 Å². The quantitative estimate of drug-likeness (QED) is 0.574. The lowest BCUT2D eigenvalue weighted by Gasteiger charge is -2.33. The largest absolute Gasteiger partial charge is 0.377 e. The molecule has 1 aliphatic heterocycles. The molecule has 1 aliphatic rings. The van der Waals surface area contributed by atoms with Crippen LogP contribution in [0.25, 0.3) is 10.8 Å². The molecule has 1 amide bonds. The zero-order valence-corrected chi connectivity index (χ0v) is 20.9. The number of benzene rings is 2. The number of carbonyl (C=O) groups excluding carboxylic acids is 1. The van der Waals surface area contributed by atoms with Gasteiger partial charge in [0.2, 0.25) is 15.9 Å². The molecular formula is C24H33N4O4S. The van der Waals surface area contributed by atoms with Gasteiger partial charge in [0, 0.05) is 49.2 Å². The van der Waals surface area contributed by atoms with E-state index in [-0.39, 0.29) is 23.9 Å². The Balaban J connectivity index is 1.62. The number of nitrogens with zero attached hydrogens (tertiary/aromatic N) is 2. The van der Waals surface area contributed by atoms with E-state index in [9.17, 15) is 18.4 Å². The van der Waals surface area contributed by atoms with Gasteiger partial charge in [-0.1, -0.05) is 30.3 Å². The number of nitrogens with one attached hydrogen (secondary N) is 2. The van der Waals surface area contributed by atoms with E-state index in [1.54, 1.807) is 52.0 Å². The summed E-state index contributed by atoms with van der Waals surface area (Å²) >= 11 is 0. The molecule has 1 heterocycles. The van der Waals surface area contributed by atoms with Crippen LogP contribution in [0, 0.1) is 0 Å². The predicted octanol–water partition coefficient (Wildman–Crippen LogP) is 2.84. The number of rotatable bonds is 8. The van der Waals surface area contributed by atoms with Crippen molar-refractivity contribution in [3.63, 3.8) is 0 Å². The normalized spacial score (nSPS) is 17.7. The number of hydroxylamine groups is 2. The van der Waals surface area contributed by atoms with Crippen molar-refractivity contribution in [2.45, 2.75) is 50.1 Å². The fraction of sp³-hybridized carbons (Fsp3) is 0.458. The molecule has 2 N–H and O–H groups in total. The molecule has 0 aromatic heterocycles. The number of fused-ring (bicyclic) bond motifs is 1. The van der Waals surface area contributed by atoms with Crippen LogP contribution in [-0.4, -0.2) is 57.7 Å². The van der Waals surface area contributed by atoms with E-state index in [1.807, 2.05) is 37.2 Å². The molecular weight excluding hydrogens is 440 g/mol. The highest BCUT2D eigenvalue weighted by atomic mass is 32.2. The Labute approximate surface area is 196 Å². The van der Waals surface area contributed by atoms with E-state index in [0.717, 1.165) is 16.1 Å². The molecule has 2 aromatic rings. The molecule has 0 aliphatic carbocycles. The molecule has 0 saturated carbocycles. The number of sulfonamides is 1. The van der Waals surface area contributed by atoms with Crippen molar-refractivity contribution in [3.05, 3.63) is 48.0 Å².